The summed E-state index contributed by atoms with van der Waals surface area (Å²) in [5.41, 5.74) is 1.86. The first-order valence-electron chi connectivity index (χ1n) is 16.7. The number of carboxylic acids is 1. The average molecular weight is 644 g/mol. The highest BCUT2D eigenvalue weighted by molar-refractivity contribution is 6.31. The largest absolute Gasteiger partial charge is 0.508 e. The van der Waals surface area contributed by atoms with E-state index in [1.165, 1.54) is 11.0 Å². The molecular formula is C40H37NO7. The van der Waals surface area contributed by atoms with Gasteiger partial charge in [0.05, 0.1) is 17.3 Å². The maximum Gasteiger partial charge on any atom is 0.303 e. The second-order valence-corrected chi connectivity index (χ2v) is 13.4. The Bertz CT molecular complexity index is 1860. The highest BCUT2D eigenvalue weighted by Gasteiger charge is 2.65. The van der Waals surface area contributed by atoms with Crippen molar-refractivity contribution in [1.82, 2.24) is 4.90 Å². The minimum atomic E-state index is -1.34. The van der Waals surface area contributed by atoms with E-state index in [-0.39, 0.29) is 48.5 Å². The molecule has 2 amide bonds. The van der Waals surface area contributed by atoms with Crippen molar-refractivity contribution < 1.29 is 34.2 Å². The van der Waals surface area contributed by atoms with E-state index in [0.29, 0.717) is 47.9 Å². The number of Topliss-reactive ketones (excluding diaryl/α,β-unsaturated/α-hetero) is 1. The molecule has 1 saturated carbocycles. The first-order chi connectivity index (χ1) is 23.2. The van der Waals surface area contributed by atoms with Gasteiger partial charge in [-0.3, -0.25) is 28.9 Å². The van der Waals surface area contributed by atoms with Crippen LogP contribution < -0.4 is 0 Å². The van der Waals surface area contributed by atoms with Crippen LogP contribution in [0.1, 0.15) is 61.1 Å². The van der Waals surface area contributed by atoms with Gasteiger partial charge >= 0.3 is 5.97 Å². The second kappa shape index (κ2) is 12.5. The molecule has 0 spiro atoms. The lowest BCUT2D eigenvalue weighted by Gasteiger charge is -2.55. The molecule has 1 saturated heterocycles. The molecule has 2 N–H and O–H groups in total. The number of hydrogen-bond acceptors (Lipinski definition) is 6. The number of carbonyl (C=O) groups excluding carboxylic acids is 4. The number of allylic oxidation sites excluding steroid dienone is 4. The number of carboxylic acid groups (broad SMARTS) is 1. The number of nitrogens with zero attached hydrogens (tertiary/aromatic N) is 1. The van der Waals surface area contributed by atoms with Crippen molar-refractivity contribution in [2.75, 3.05) is 6.54 Å². The van der Waals surface area contributed by atoms with Crippen LogP contribution in [-0.2, 0) is 29.4 Å². The number of phenolic OH excluding ortho intramolecular Hbond substituents is 1. The van der Waals surface area contributed by atoms with Crippen LogP contribution in [0.25, 0.3) is 5.57 Å². The molecule has 7 rings (SSSR count). The number of phenols is 1. The first-order valence-corrected chi connectivity index (χ1v) is 16.7. The van der Waals surface area contributed by atoms with Crippen molar-refractivity contribution in [3.8, 4) is 5.75 Å². The van der Waals surface area contributed by atoms with Gasteiger partial charge in [0, 0.05) is 30.4 Å². The van der Waals surface area contributed by atoms with Gasteiger partial charge in [0.1, 0.15) is 5.75 Å². The number of ketones is 2. The van der Waals surface area contributed by atoms with Crippen molar-refractivity contribution >= 4 is 34.9 Å². The van der Waals surface area contributed by atoms with E-state index in [1.807, 2.05) is 72.8 Å². The number of carbonyl (C=O) groups is 5. The fraction of sp³-hybridized carbons (Fsp3) is 0.325. The maximum atomic E-state index is 14.9. The number of fused-ring (bicyclic) bond motifs is 4. The fourth-order valence-corrected chi connectivity index (χ4v) is 8.96. The smallest absolute Gasteiger partial charge is 0.303 e. The van der Waals surface area contributed by atoms with Crippen LogP contribution in [-0.4, -0.2) is 51.0 Å². The lowest BCUT2D eigenvalue weighted by molar-refractivity contribution is -0.141. The lowest BCUT2D eigenvalue weighted by atomic mass is 9.44. The summed E-state index contributed by atoms with van der Waals surface area (Å²) in [6.07, 6.45) is 5.64. The SMILES string of the molecule is O=C(O)CCCCCN1C(=O)[C@H]2[C@H](CC=C3[C@H]2C[C@H]2C(=O)C(c4ccccc4)=CC(=O)[C@@]2(c2ccccc2)[C@H]3c2cccc(O)c2)C1=O. The van der Waals surface area contributed by atoms with Crippen LogP contribution in [0.5, 0.6) is 5.75 Å². The number of aromatic hydroxyl groups is 1. The van der Waals surface area contributed by atoms with Crippen LogP contribution in [0.4, 0.5) is 0 Å². The van der Waals surface area contributed by atoms with Gasteiger partial charge < -0.3 is 10.2 Å². The standard InChI is InChI=1S/C40H37NO7/c42-27-16-10-13-25(21-27)36-28-18-19-29-35(39(48)41(38(29)47)20-9-3-8-17-34(44)45)31(28)22-32-37(46)30(24-11-4-1-5-12-24)23-33(43)40(32,36)26-14-6-2-7-15-26/h1-2,4-7,10-16,18,21,23,29,31-32,35-36,42H,3,8-9,17,19-20,22H2,(H,44,45)/t29-,31+,32-,35-,36-,40-/m0/s1. The number of imide groups is 1. The van der Waals surface area contributed by atoms with E-state index in [1.54, 1.807) is 18.2 Å². The molecule has 8 nitrogen and oxygen atoms in total. The van der Waals surface area contributed by atoms with Crippen molar-refractivity contribution in [2.45, 2.75) is 49.9 Å². The molecule has 0 aromatic heterocycles. The molecule has 0 bridgehead atoms. The molecule has 1 aliphatic heterocycles. The fourth-order valence-electron chi connectivity index (χ4n) is 8.96. The second-order valence-electron chi connectivity index (χ2n) is 13.4. The summed E-state index contributed by atoms with van der Waals surface area (Å²) < 4.78 is 0. The number of hydrogen-bond donors (Lipinski definition) is 2. The molecule has 3 aliphatic carbocycles. The summed E-state index contributed by atoms with van der Waals surface area (Å²) in [7, 11) is 0. The molecule has 3 aromatic carbocycles. The first kappa shape index (κ1) is 31.5. The number of unbranched alkanes of at least 4 members (excludes halogenated alkanes) is 2. The number of benzene rings is 3. The zero-order chi connectivity index (χ0) is 33.6. The highest BCUT2D eigenvalue weighted by atomic mass is 16.4. The number of rotatable bonds is 9. The average Bonchev–Trinajstić information content (AvgIpc) is 3.34. The molecule has 3 aromatic rings. The van der Waals surface area contributed by atoms with E-state index in [4.69, 9.17) is 5.11 Å². The van der Waals surface area contributed by atoms with Crippen LogP contribution in [0.3, 0.4) is 0 Å². The van der Waals surface area contributed by atoms with Crippen LogP contribution in [0.2, 0.25) is 0 Å². The third-order valence-electron chi connectivity index (χ3n) is 10.9. The minimum absolute atomic E-state index is 0.0277. The van der Waals surface area contributed by atoms with Gasteiger partial charge in [-0.15, -0.1) is 0 Å². The Morgan fingerprint density at radius 3 is 2.27 bits per heavy atom. The Kier molecular flexibility index (Phi) is 8.19. The van der Waals surface area contributed by atoms with E-state index < -0.39 is 41.0 Å². The van der Waals surface area contributed by atoms with E-state index in [9.17, 15) is 29.1 Å². The molecule has 1 heterocycles. The van der Waals surface area contributed by atoms with Gasteiger partial charge in [0.15, 0.2) is 11.6 Å². The molecule has 4 aliphatic rings. The Balaban J connectivity index is 1.36. The van der Waals surface area contributed by atoms with Gasteiger partial charge in [-0.05, 0) is 66.5 Å². The third kappa shape index (κ3) is 5.02. The molecular weight excluding hydrogens is 606 g/mol. The zero-order valence-electron chi connectivity index (χ0n) is 26.5. The van der Waals surface area contributed by atoms with Crippen molar-refractivity contribution in [2.24, 2.45) is 23.7 Å². The normalized spacial score (nSPS) is 27.9. The lowest BCUT2D eigenvalue weighted by Crippen LogP contribution is -2.58. The molecule has 6 atom stereocenters. The van der Waals surface area contributed by atoms with Crippen molar-refractivity contribution in [3.63, 3.8) is 0 Å². The maximum absolute atomic E-state index is 14.9. The van der Waals surface area contributed by atoms with Crippen molar-refractivity contribution in [1.29, 1.82) is 0 Å². The number of amides is 2. The Labute approximate surface area is 278 Å². The molecule has 8 heteroatoms. The van der Waals surface area contributed by atoms with Crippen LogP contribution >= 0.6 is 0 Å². The quantitative estimate of drug-likeness (QED) is 0.170. The molecule has 2 fully saturated rings. The Morgan fingerprint density at radius 2 is 1.56 bits per heavy atom. The van der Waals surface area contributed by atoms with Gasteiger partial charge in [0.25, 0.3) is 0 Å². The third-order valence-corrected chi connectivity index (χ3v) is 10.9. The zero-order valence-corrected chi connectivity index (χ0v) is 26.5. The van der Waals surface area contributed by atoms with Gasteiger partial charge in [-0.25, -0.2) is 0 Å². The minimum Gasteiger partial charge on any atom is -0.508 e. The monoisotopic (exact) mass is 643 g/mol. The Morgan fingerprint density at radius 1 is 0.833 bits per heavy atom. The van der Waals surface area contributed by atoms with E-state index in [0.717, 1.165) is 5.57 Å². The topological polar surface area (TPSA) is 129 Å². The summed E-state index contributed by atoms with van der Waals surface area (Å²) in [6, 6.07) is 25.3. The summed E-state index contributed by atoms with van der Waals surface area (Å²) >= 11 is 0. The van der Waals surface area contributed by atoms with Crippen LogP contribution in [0, 0.1) is 23.7 Å². The molecule has 0 radical (unpaired) electrons. The number of aliphatic carboxylic acids is 1. The van der Waals surface area contributed by atoms with Crippen molar-refractivity contribution in [3.05, 3.63) is 119 Å². The molecule has 48 heavy (non-hydrogen) atoms. The van der Waals surface area contributed by atoms with Crippen LogP contribution in [0.15, 0.2) is 103 Å². The molecule has 244 valence electrons. The summed E-state index contributed by atoms with van der Waals surface area (Å²) in [4.78, 5) is 70.0. The summed E-state index contributed by atoms with van der Waals surface area (Å²) in [5, 5.41) is 19.7. The molecule has 0 unspecified atom stereocenters. The summed E-state index contributed by atoms with van der Waals surface area (Å²) in [6.45, 7) is 0.220. The van der Waals surface area contributed by atoms with Gasteiger partial charge in [-0.2, -0.15) is 0 Å². The predicted octanol–water partition coefficient (Wildman–Crippen LogP) is 5.86. The van der Waals surface area contributed by atoms with Gasteiger partial charge in [-0.1, -0.05) is 90.9 Å². The predicted molar refractivity (Wildman–Crippen MR) is 178 cm³/mol. The number of likely N-dealkylation sites (tertiary alicyclic amines) is 1. The summed E-state index contributed by atoms with van der Waals surface area (Å²) in [5.74, 6) is -4.97. The Hall–Kier alpha value is -5.11. The van der Waals surface area contributed by atoms with E-state index in [2.05, 4.69) is 0 Å². The van der Waals surface area contributed by atoms with E-state index >= 15 is 0 Å². The highest BCUT2D eigenvalue weighted by Crippen LogP contribution is 2.63. The van der Waals surface area contributed by atoms with Gasteiger partial charge in [0.2, 0.25) is 11.8 Å².